The van der Waals surface area contributed by atoms with Crippen LogP contribution in [0.2, 0.25) is 0 Å². The van der Waals surface area contributed by atoms with Crippen LogP contribution in [0.25, 0.3) is 33.2 Å². The Morgan fingerprint density at radius 2 is 1.91 bits per heavy atom. The van der Waals surface area contributed by atoms with E-state index >= 15 is 0 Å². The normalized spacial score (nSPS) is 14.2. The van der Waals surface area contributed by atoms with Crippen molar-refractivity contribution in [3.8, 4) is 17.1 Å². The molecule has 2 N–H and O–H groups in total. The number of amides is 1. The summed E-state index contributed by atoms with van der Waals surface area (Å²) in [6.45, 7) is 5.47. The summed E-state index contributed by atoms with van der Waals surface area (Å²) in [7, 11) is 5.26. The van der Waals surface area contributed by atoms with Crippen molar-refractivity contribution in [1.82, 2.24) is 30.0 Å². The number of benzene rings is 2. The first kappa shape index (κ1) is 21.1. The van der Waals surface area contributed by atoms with E-state index in [0.717, 1.165) is 42.8 Å². The SMILES string of the molecule is Cc1c(O)c(-c2nc(C(=O)N(C)C)c3cc(N4CCNCC4)ccc3n2)cc2cn(C)nc12. The predicted octanol–water partition coefficient (Wildman–Crippen LogP) is 2.31. The van der Waals surface area contributed by atoms with Crippen molar-refractivity contribution in [3.63, 3.8) is 0 Å². The minimum Gasteiger partial charge on any atom is -0.507 e. The highest BCUT2D eigenvalue weighted by atomic mass is 16.3. The first-order valence-electron chi connectivity index (χ1n) is 11.0. The molecule has 170 valence electrons. The van der Waals surface area contributed by atoms with Gasteiger partial charge in [0.1, 0.15) is 11.4 Å². The van der Waals surface area contributed by atoms with Crippen molar-refractivity contribution in [1.29, 1.82) is 0 Å². The van der Waals surface area contributed by atoms with Crippen LogP contribution in [0.1, 0.15) is 16.1 Å². The fourth-order valence-corrected chi connectivity index (χ4v) is 4.34. The van der Waals surface area contributed by atoms with Gasteiger partial charge in [0.2, 0.25) is 0 Å². The molecular formula is C24H27N7O2. The smallest absolute Gasteiger partial charge is 0.272 e. The topological polar surface area (TPSA) is 99.4 Å². The summed E-state index contributed by atoms with van der Waals surface area (Å²) < 4.78 is 1.71. The molecule has 0 aliphatic carbocycles. The van der Waals surface area contributed by atoms with E-state index in [1.807, 2.05) is 44.4 Å². The van der Waals surface area contributed by atoms with Crippen LogP contribution >= 0.6 is 0 Å². The van der Waals surface area contributed by atoms with E-state index in [1.54, 1.807) is 18.8 Å². The van der Waals surface area contributed by atoms with E-state index in [1.165, 1.54) is 4.90 Å². The van der Waals surface area contributed by atoms with Crippen LogP contribution in [-0.4, -0.2) is 75.9 Å². The third-order valence-electron chi connectivity index (χ3n) is 6.13. The Kier molecular flexibility index (Phi) is 5.13. The van der Waals surface area contributed by atoms with Gasteiger partial charge in [-0.2, -0.15) is 5.10 Å². The summed E-state index contributed by atoms with van der Waals surface area (Å²) >= 11 is 0. The molecule has 1 aliphatic rings. The Balaban J connectivity index is 1.72. The summed E-state index contributed by atoms with van der Waals surface area (Å²) in [4.78, 5) is 26.4. The van der Waals surface area contributed by atoms with Crippen LogP contribution in [0.15, 0.2) is 30.5 Å². The molecule has 9 nitrogen and oxygen atoms in total. The lowest BCUT2D eigenvalue weighted by Gasteiger charge is -2.29. The molecular weight excluding hydrogens is 418 g/mol. The minimum atomic E-state index is -0.209. The van der Waals surface area contributed by atoms with Gasteiger partial charge in [-0.1, -0.05) is 0 Å². The number of hydrogen-bond acceptors (Lipinski definition) is 7. The number of aryl methyl sites for hydroxylation is 2. The molecule has 2 aromatic heterocycles. The maximum atomic E-state index is 13.1. The quantitative estimate of drug-likeness (QED) is 0.499. The Labute approximate surface area is 191 Å². The molecule has 2 aromatic carbocycles. The van der Waals surface area contributed by atoms with Gasteiger partial charge >= 0.3 is 0 Å². The van der Waals surface area contributed by atoms with Crippen molar-refractivity contribution in [2.24, 2.45) is 7.05 Å². The molecule has 9 heteroatoms. The van der Waals surface area contributed by atoms with Crippen LogP contribution in [0.5, 0.6) is 5.75 Å². The Bertz CT molecular complexity index is 1390. The lowest BCUT2D eigenvalue weighted by Crippen LogP contribution is -2.43. The van der Waals surface area contributed by atoms with Gasteiger partial charge in [-0.3, -0.25) is 9.48 Å². The number of nitrogens with one attached hydrogen (secondary N) is 1. The van der Waals surface area contributed by atoms with Crippen molar-refractivity contribution >= 4 is 33.4 Å². The molecule has 0 atom stereocenters. The fourth-order valence-electron chi connectivity index (χ4n) is 4.34. The van der Waals surface area contributed by atoms with Crippen LogP contribution < -0.4 is 10.2 Å². The van der Waals surface area contributed by atoms with Crippen molar-refractivity contribution < 1.29 is 9.90 Å². The lowest BCUT2D eigenvalue weighted by atomic mass is 10.0. The molecule has 0 radical (unpaired) electrons. The van der Waals surface area contributed by atoms with Gasteiger partial charge in [0, 0.05) is 75.5 Å². The highest BCUT2D eigenvalue weighted by Crippen LogP contribution is 2.36. The number of anilines is 1. The number of carbonyl (C=O) groups excluding carboxylic acids is 1. The molecule has 5 rings (SSSR count). The molecule has 33 heavy (non-hydrogen) atoms. The van der Waals surface area contributed by atoms with Crippen LogP contribution in [-0.2, 0) is 7.05 Å². The first-order valence-corrected chi connectivity index (χ1v) is 11.0. The van der Waals surface area contributed by atoms with E-state index in [-0.39, 0.29) is 11.7 Å². The average Bonchev–Trinajstić information content (AvgIpc) is 3.21. The van der Waals surface area contributed by atoms with E-state index in [2.05, 4.69) is 20.3 Å². The van der Waals surface area contributed by atoms with Gasteiger partial charge in [-0.05, 0) is 31.2 Å². The highest BCUT2D eigenvalue weighted by Gasteiger charge is 2.22. The van der Waals surface area contributed by atoms with E-state index in [4.69, 9.17) is 4.98 Å². The number of piperazine rings is 1. The third kappa shape index (κ3) is 3.64. The second-order valence-electron chi connectivity index (χ2n) is 8.67. The van der Waals surface area contributed by atoms with Crippen molar-refractivity contribution in [2.45, 2.75) is 6.92 Å². The largest absolute Gasteiger partial charge is 0.507 e. The van der Waals surface area contributed by atoms with Crippen LogP contribution in [0.4, 0.5) is 5.69 Å². The molecule has 1 aliphatic heterocycles. The molecule has 0 saturated carbocycles. The standard InChI is InChI=1S/C24H27N7O2/c1-14-20-15(13-30(4)28-20)11-18(22(14)32)23-26-19-6-5-16(31-9-7-25-8-10-31)12-17(19)21(27-23)24(33)29(2)3/h5-6,11-13,25,32H,7-10H2,1-4H3. The van der Waals surface area contributed by atoms with Gasteiger partial charge in [0.15, 0.2) is 5.82 Å². The Hall–Kier alpha value is -3.72. The summed E-state index contributed by atoms with van der Waals surface area (Å²) in [5.74, 6) is 0.176. The number of aromatic nitrogens is 4. The zero-order valence-electron chi connectivity index (χ0n) is 19.3. The fraction of sp³-hybridized carbons (Fsp3) is 0.333. The lowest BCUT2D eigenvalue weighted by molar-refractivity contribution is 0.0824. The minimum absolute atomic E-state index is 0.0706. The van der Waals surface area contributed by atoms with Gasteiger partial charge in [-0.25, -0.2) is 9.97 Å². The molecule has 4 aromatic rings. The third-order valence-corrected chi connectivity index (χ3v) is 6.13. The summed E-state index contributed by atoms with van der Waals surface area (Å²) in [5, 5.41) is 20.3. The second-order valence-corrected chi connectivity index (χ2v) is 8.67. The Morgan fingerprint density at radius 1 is 1.15 bits per heavy atom. The van der Waals surface area contributed by atoms with Crippen LogP contribution in [0, 0.1) is 6.92 Å². The molecule has 3 heterocycles. The number of nitrogens with zero attached hydrogens (tertiary/aromatic N) is 6. The molecule has 0 bridgehead atoms. The van der Waals surface area contributed by atoms with Gasteiger partial charge < -0.3 is 20.2 Å². The summed E-state index contributed by atoms with van der Waals surface area (Å²) in [6.07, 6.45) is 1.89. The van der Waals surface area contributed by atoms with Crippen molar-refractivity contribution in [3.05, 3.63) is 41.7 Å². The zero-order chi connectivity index (χ0) is 23.3. The monoisotopic (exact) mass is 445 g/mol. The number of fused-ring (bicyclic) bond motifs is 2. The second kappa shape index (κ2) is 8.00. The van der Waals surface area contributed by atoms with Crippen LogP contribution in [0.3, 0.4) is 0 Å². The van der Waals surface area contributed by atoms with E-state index < -0.39 is 0 Å². The predicted molar refractivity (Wildman–Crippen MR) is 129 cm³/mol. The molecule has 1 saturated heterocycles. The molecule has 0 unspecified atom stereocenters. The maximum Gasteiger partial charge on any atom is 0.272 e. The number of phenolic OH excluding ortho intramolecular Hbond substituents is 1. The molecule has 1 amide bonds. The van der Waals surface area contributed by atoms with Crippen molar-refractivity contribution in [2.75, 3.05) is 45.2 Å². The van der Waals surface area contributed by atoms with Gasteiger partial charge in [0.05, 0.1) is 16.6 Å². The highest BCUT2D eigenvalue weighted by molar-refractivity contribution is 6.06. The number of aromatic hydroxyl groups is 1. The zero-order valence-corrected chi connectivity index (χ0v) is 19.3. The molecule has 0 spiro atoms. The molecule has 1 fully saturated rings. The average molecular weight is 446 g/mol. The Morgan fingerprint density at radius 3 is 2.64 bits per heavy atom. The van der Waals surface area contributed by atoms with E-state index in [0.29, 0.717) is 33.5 Å². The van der Waals surface area contributed by atoms with E-state index in [9.17, 15) is 9.90 Å². The number of rotatable bonds is 3. The maximum absolute atomic E-state index is 13.1. The summed E-state index contributed by atoms with van der Waals surface area (Å²) in [6, 6.07) is 7.78. The number of hydrogen-bond donors (Lipinski definition) is 2. The summed E-state index contributed by atoms with van der Waals surface area (Å²) in [5.41, 5.74) is 3.89. The first-order chi connectivity index (χ1) is 15.8. The van der Waals surface area contributed by atoms with Gasteiger partial charge in [0.25, 0.3) is 5.91 Å². The number of carbonyl (C=O) groups is 1. The van der Waals surface area contributed by atoms with Gasteiger partial charge in [-0.15, -0.1) is 0 Å². The number of phenols is 1.